The van der Waals surface area contributed by atoms with Gasteiger partial charge in [0.25, 0.3) is 0 Å². The highest BCUT2D eigenvalue weighted by Gasteiger charge is 2.06. The lowest BCUT2D eigenvalue weighted by Gasteiger charge is -2.08. The van der Waals surface area contributed by atoms with Gasteiger partial charge in [0.05, 0.1) is 12.2 Å². The van der Waals surface area contributed by atoms with Gasteiger partial charge in [-0.05, 0) is 56.0 Å². The monoisotopic (exact) mass is 340 g/mol. The van der Waals surface area contributed by atoms with Crippen molar-refractivity contribution in [2.24, 2.45) is 0 Å². The normalized spacial score (nSPS) is 10.1. The molecule has 132 valence electrons. The molecule has 0 fully saturated rings. The quantitative estimate of drug-likeness (QED) is 0.563. The fourth-order valence-corrected chi connectivity index (χ4v) is 2.38. The number of urea groups is 1. The van der Waals surface area contributed by atoms with Crippen molar-refractivity contribution < 1.29 is 14.3 Å². The lowest BCUT2D eigenvalue weighted by Crippen LogP contribution is -2.29. The first-order chi connectivity index (χ1) is 12.2. The highest BCUT2D eigenvalue weighted by molar-refractivity contribution is 5.92. The third-order valence-corrected chi connectivity index (χ3v) is 3.67. The molecule has 0 saturated carbocycles. The Morgan fingerprint density at radius 2 is 1.68 bits per heavy atom. The SMILES string of the molecule is CCOC(=O)c1ccc(NC(=O)NCCCCc2ccccc2)cc1. The van der Waals surface area contributed by atoms with Crippen LogP contribution in [-0.2, 0) is 11.2 Å². The second kappa shape index (κ2) is 10.1. The van der Waals surface area contributed by atoms with E-state index in [1.165, 1.54) is 5.56 Å². The highest BCUT2D eigenvalue weighted by Crippen LogP contribution is 2.10. The summed E-state index contributed by atoms with van der Waals surface area (Å²) in [6, 6.07) is 16.7. The van der Waals surface area contributed by atoms with Gasteiger partial charge in [-0.2, -0.15) is 0 Å². The lowest BCUT2D eigenvalue weighted by molar-refractivity contribution is 0.0526. The molecule has 2 aromatic rings. The topological polar surface area (TPSA) is 67.4 Å². The number of nitrogens with one attached hydrogen (secondary N) is 2. The van der Waals surface area contributed by atoms with Gasteiger partial charge in [0.2, 0.25) is 0 Å². The molecule has 0 aliphatic rings. The van der Waals surface area contributed by atoms with Gasteiger partial charge in [0, 0.05) is 12.2 Å². The van der Waals surface area contributed by atoms with E-state index in [0.717, 1.165) is 19.3 Å². The maximum atomic E-state index is 11.9. The number of ether oxygens (including phenoxy) is 1. The molecule has 0 aliphatic carbocycles. The fraction of sp³-hybridized carbons (Fsp3) is 0.300. The van der Waals surface area contributed by atoms with E-state index in [1.807, 2.05) is 18.2 Å². The Balaban J connectivity index is 1.65. The molecule has 0 aromatic heterocycles. The van der Waals surface area contributed by atoms with Crippen molar-refractivity contribution in [2.75, 3.05) is 18.5 Å². The largest absolute Gasteiger partial charge is 0.462 e. The fourth-order valence-electron chi connectivity index (χ4n) is 2.38. The molecular formula is C20H24N2O3. The van der Waals surface area contributed by atoms with Gasteiger partial charge in [-0.3, -0.25) is 0 Å². The van der Waals surface area contributed by atoms with Gasteiger partial charge in [-0.25, -0.2) is 9.59 Å². The third-order valence-electron chi connectivity index (χ3n) is 3.67. The summed E-state index contributed by atoms with van der Waals surface area (Å²) >= 11 is 0. The Labute approximate surface area is 148 Å². The number of benzene rings is 2. The number of carbonyl (C=O) groups is 2. The van der Waals surface area contributed by atoms with Crippen molar-refractivity contribution in [3.05, 3.63) is 65.7 Å². The van der Waals surface area contributed by atoms with E-state index in [9.17, 15) is 9.59 Å². The molecule has 2 rings (SSSR count). The first-order valence-electron chi connectivity index (χ1n) is 8.55. The molecular weight excluding hydrogens is 316 g/mol. The summed E-state index contributed by atoms with van der Waals surface area (Å²) in [5.41, 5.74) is 2.41. The Bertz CT molecular complexity index is 669. The average molecular weight is 340 g/mol. The van der Waals surface area contributed by atoms with Crippen molar-refractivity contribution in [3.8, 4) is 0 Å². The number of carbonyl (C=O) groups excluding carboxylic acids is 2. The van der Waals surface area contributed by atoms with Crippen LogP contribution >= 0.6 is 0 Å². The number of rotatable bonds is 8. The second-order valence-electron chi connectivity index (χ2n) is 5.62. The number of amides is 2. The number of anilines is 1. The summed E-state index contributed by atoms with van der Waals surface area (Å²) < 4.78 is 4.92. The first kappa shape index (κ1) is 18.5. The van der Waals surface area contributed by atoms with Crippen molar-refractivity contribution in [2.45, 2.75) is 26.2 Å². The van der Waals surface area contributed by atoms with Crippen LogP contribution in [0, 0.1) is 0 Å². The van der Waals surface area contributed by atoms with Gasteiger partial charge in [0.15, 0.2) is 0 Å². The van der Waals surface area contributed by atoms with E-state index in [-0.39, 0.29) is 12.0 Å². The Morgan fingerprint density at radius 3 is 2.36 bits per heavy atom. The summed E-state index contributed by atoms with van der Waals surface area (Å²) in [6.07, 6.45) is 2.96. The minimum atomic E-state index is -0.364. The van der Waals surface area contributed by atoms with Crippen molar-refractivity contribution >= 4 is 17.7 Å². The summed E-state index contributed by atoms with van der Waals surface area (Å²) in [4.78, 5) is 23.4. The predicted octanol–water partition coefficient (Wildman–Crippen LogP) is 4.01. The van der Waals surface area contributed by atoms with E-state index in [4.69, 9.17) is 4.74 Å². The standard InChI is InChI=1S/C20H24N2O3/c1-2-25-19(23)17-11-13-18(14-12-17)22-20(24)21-15-7-6-10-16-8-4-3-5-9-16/h3-5,8-9,11-14H,2,6-7,10,15H2,1H3,(H2,21,22,24). The van der Waals surface area contributed by atoms with E-state index >= 15 is 0 Å². The summed E-state index contributed by atoms with van der Waals surface area (Å²) in [5.74, 6) is -0.364. The molecule has 0 aliphatic heterocycles. The van der Waals surface area contributed by atoms with Gasteiger partial charge in [-0.1, -0.05) is 30.3 Å². The second-order valence-corrected chi connectivity index (χ2v) is 5.62. The van der Waals surface area contributed by atoms with Crippen LogP contribution < -0.4 is 10.6 Å². The minimum absolute atomic E-state index is 0.247. The molecule has 0 saturated heterocycles. The number of hydrogen-bond acceptors (Lipinski definition) is 3. The maximum absolute atomic E-state index is 11.9. The molecule has 0 unspecified atom stereocenters. The van der Waals surface area contributed by atoms with Crippen LogP contribution in [0.25, 0.3) is 0 Å². The Kier molecular flexibility index (Phi) is 7.50. The van der Waals surface area contributed by atoms with Gasteiger partial charge < -0.3 is 15.4 Å². The number of aryl methyl sites for hydroxylation is 1. The number of esters is 1. The van der Waals surface area contributed by atoms with Crippen LogP contribution in [0.3, 0.4) is 0 Å². The van der Waals surface area contributed by atoms with Crippen LogP contribution in [0.2, 0.25) is 0 Å². The molecule has 0 atom stereocenters. The third kappa shape index (κ3) is 6.67. The molecule has 0 spiro atoms. The molecule has 0 bridgehead atoms. The zero-order valence-corrected chi connectivity index (χ0v) is 14.5. The van der Waals surface area contributed by atoms with Gasteiger partial charge >= 0.3 is 12.0 Å². The summed E-state index contributed by atoms with van der Waals surface area (Å²) in [7, 11) is 0. The van der Waals surface area contributed by atoms with E-state index in [1.54, 1.807) is 31.2 Å². The Morgan fingerprint density at radius 1 is 0.960 bits per heavy atom. The van der Waals surface area contributed by atoms with Crippen LogP contribution in [0.1, 0.15) is 35.7 Å². The van der Waals surface area contributed by atoms with Crippen molar-refractivity contribution in [3.63, 3.8) is 0 Å². The lowest BCUT2D eigenvalue weighted by atomic mass is 10.1. The molecule has 0 heterocycles. The van der Waals surface area contributed by atoms with E-state index in [2.05, 4.69) is 22.8 Å². The van der Waals surface area contributed by atoms with Gasteiger partial charge in [-0.15, -0.1) is 0 Å². The summed E-state index contributed by atoms with van der Waals surface area (Å²) in [6.45, 7) is 2.73. The summed E-state index contributed by atoms with van der Waals surface area (Å²) in [5, 5.41) is 5.58. The molecule has 2 amide bonds. The predicted molar refractivity (Wildman–Crippen MR) is 98.8 cm³/mol. The van der Waals surface area contributed by atoms with Crippen molar-refractivity contribution in [1.29, 1.82) is 0 Å². The molecule has 25 heavy (non-hydrogen) atoms. The van der Waals surface area contributed by atoms with Gasteiger partial charge in [0.1, 0.15) is 0 Å². The highest BCUT2D eigenvalue weighted by atomic mass is 16.5. The van der Waals surface area contributed by atoms with Crippen LogP contribution in [-0.4, -0.2) is 25.2 Å². The van der Waals surface area contributed by atoms with Crippen LogP contribution in [0.4, 0.5) is 10.5 Å². The smallest absolute Gasteiger partial charge is 0.338 e. The zero-order valence-electron chi connectivity index (χ0n) is 14.5. The zero-order chi connectivity index (χ0) is 17.9. The average Bonchev–Trinajstić information content (AvgIpc) is 2.63. The van der Waals surface area contributed by atoms with Crippen LogP contribution in [0.15, 0.2) is 54.6 Å². The maximum Gasteiger partial charge on any atom is 0.338 e. The molecule has 2 N–H and O–H groups in total. The van der Waals surface area contributed by atoms with Crippen LogP contribution in [0.5, 0.6) is 0 Å². The molecule has 5 heteroatoms. The van der Waals surface area contributed by atoms with Crippen molar-refractivity contribution in [1.82, 2.24) is 5.32 Å². The Hall–Kier alpha value is -2.82. The van der Waals surface area contributed by atoms with E-state index in [0.29, 0.717) is 24.4 Å². The number of unbranched alkanes of at least 4 members (excludes halogenated alkanes) is 1. The molecule has 2 aromatic carbocycles. The minimum Gasteiger partial charge on any atom is -0.462 e. The first-order valence-corrected chi connectivity index (χ1v) is 8.55. The molecule has 0 radical (unpaired) electrons. The van der Waals surface area contributed by atoms with E-state index < -0.39 is 0 Å². The number of hydrogen-bond donors (Lipinski definition) is 2. The molecule has 5 nitrogen and oxygen atoms in total.